The Kier molecular flexibility index (Phi) is 4.36. The second-order valence-corrected chi connectivity index (χ2v) is 4.14. The predicted molar refractivity (Wildman–Crippen MR) is 74.6 cm³/mol. The van der Waals surface area contributed by atoms with Gasteiger partial charge in [0.2, 0.25) is 5.88 Å². The second kappa shape index (κ2) is 6.20. The van der Waals surface area contributed by atoms with E-state index in [1.165, 1.54) is 0 Å². The standard InChI is InChI=1S/C15H18N2O2/c1-3-12-8-11(10-16)9-15(17-12)19-14-6-4-13(18-2)5-7-14/h4-9H,3,10,16H2,1-2H3. The van der Waals surface area contributed by atoms with Gasteiger partial charge >= 0.3 is 0 Å². The molecule has 19 heavy (non-hydrogen) atoms. The SMILES string of the molecule is CCc1cc(CN)cc(Oc2ccc(OC)cc2)n1. The number of hydrogen-bond donors (Lipinski definition) is 1. The van der Waals surface area contributed by atoms with E-state index < -0.39 is 0 Å². The molecular weight excluding hydrogens is 240 g/mol. The summed E-state index contributed by atoms with van der Waals surface area (Å²) in [6, 6.07) is 11.3. The summed E-state index contributed by atoms with van der Waals surface area (Å²) in [4.78, 5) is 4.43. The molecule has 1 aromatic heterocycles. The zero-order valence-electron chi connectivity index (χ0n) is 11.2. The highest BCUT2D eigenvalue weighted by molar-refractivity contribution is 5.34. The highest BCUT2D eigenvalue weighted by Crippen LogP contribution is 2.23. The summed E-state index contributed by atoms with van der Waals surface area (Å²) in [5, 5.41) is 0. The van der Waals surface area contributed by atoms with Crippen molar-refractivity contribution in [2.75, 3.05) is 7.11 Å². The molecule has 0 amide bonds. The van der Waals surface area contributed by atoms with E-state index in [4.69, 9.17) is 15.2 Å². The maximum absolute atomic E-state index is 5.74. The zero-order chi connectivity index (χ0) is 13.7. The third-order valence-electron chi connectivity index (χ3n) is 2.79. The van der Waals surface area contributed by atoms with Crippen LogP contribution >= 0.6 is 0 Å². The van der Waals surface area contributed by atoms with Crippen molar-refractivity contribution in [2.45, 2.75) is 19.9 Å². The number of hydrogen-bond acceptors (Lipinski definition) is 4. The van der Waals surface area contributed by atoms with Gasteiger partial charge in [-0.15, -0.1) is 0 Å². The molecule has 0 radical (unpaired) electrons. The largest absolute Gasteiger partial charge is 0.497 e. The van der Waals surface area contributed by atoms with E-state index in [9.17, 15) is 0 Å². The molecule has 0 atom stereocenters. The number of nitrogens with two attached hydrogens (primary N) is 1. The molecule has 0 aliphatic rings. The number of benzene rings is 1. The third kappa shape index (κ3) is 3.45. The Hall–Kier alpha value is -2.07. The Labute approximate surface area is 113 Å². The summed E-state index contributed by atoms with van der Waals surface area (Å²) in [6.07, 6.45) is 0.854. The van der Waals surface area contributed by atoms with E-state index in [1.54, 1.807) is 7.11 Å². The Morgan fingerprint density at radius 2 is 1.79 bits per heavy atom. The fourth-order valence-electron chi connectivity index (χ4n) is 1.74. The van der Waals surface area contributed by atoms with Crippen LogP contribution in [0.15, 0.2) is 36.4 Å². The molecule has 2 rings (SSSR count). The minimum absolute atomic E-state index is 0.481. The lowest BCUT2D eigenvalue weighted by molar-refractivity contribution is 0.412. The second-order valence-electron chi connectivity index (χ2n) is 4.14. The van der Waals surface area contributed by atoms with Crippen LogP contribution in [0.3, 0.4) is 0 Å². The van der Waals surface area contributed by atoms with Gasteiger partial charge in [0.05, 0.1) is 7.11 Å². The first-order valence-corrected chi connectivity index (χ1v) is 6.27. The number of methoxy groups -OCH3 is 1. The highest BCUT2D eigenvalue weighted by Gasteiger charge is 2.04. The van der Waals surface area contributed by atoms with Crippen LogP contribution in [0.5, 0.6) is 17.4 Å². The minimum Gasteiger partial charge on any atom is -0.497 e. The van der Waals surface area contributed by atoms with Crippen LogP contribution in [0.2, 0.25) is 0 Å². The van der Waals surface area contributed by atoms with Crippen molar-refractivity contribution >= 4 is 0 Å². The average Bonchev–Trinajstić information content (AvgIpc) is 2.47. The number of pyridine rings is 1. The van der Waals surface area contributed by atoms with Crippen LogP contribution in [0.25, 0.3) is 0 Å². The molecule has 4 nitrogen and oxygen atoms in total. The van der Waals surface area contributed by atoms with Crippen molar-refractivity contribution in [2.24, 2.45) is 5.73 Å². The van der Waals surface area contributed by atoms with E-state index in [2.05, 4.69) is 11.9 Å². The van der Waals surface area contributed by atoms with E-state index in [-0.39, 0.29) is 0 Å². The van der Waals surface area contributed by atoms with E-state index in [0.717, 1.165) is 29.2 Å². The third-order valence-corrected chi connectivity index (χ3v) is 2.79. The lowest BCUT2D eigenvalue weighted by atomic mass is 10.2. The summed E-state index contributed by atoms with van der Waals surface area (Å²) in [6.45, 7) is 2.54. The van der Waals surface area contributed by atoms with Crippen LogP contribution in [0, 0.1) is 0 Å². The minimum atomic E-state index is 0.481. The van der Waals surface area contributed by atoms with Gasteiger partial charge in [0, 0.05) is 18.3 Å². The Morgan fingerprint density at radius 3 is 2.37 bits per heavy atom. The van der Waals surface area contributed by atoms with E-state index in [0.29, 0.717) is 12.4 Å². The molecular formula is C15H18N2O2. The number of rotatable bonds is 5. The first-order chi connectivity index (χ1) is 9.25. The van der Waals surface area contributed by atoms with Crippen LogP contribution in [-0.2, 0) is 13.0 Å². The molecule has 1 heterocycles. The lowest BCUT2D eigenvalue weighted by Gasteiger charge is -2.09. The zero-order valence-corrected chi connectivity index (χ0v) is 11.2. The van der Waals surface area contributed by atoms with Crippen molar-refractivity contribution < 1.29 is 9.47 Å². The topological polar surface area (TPSA) is 57.4 Å². The average molecular weight is 258 g/mol. The Morgan fingerprint density at radius 1 is 1.11 bits per heavy atom. The van der Waals surface area contributed by atoms with Gasteiger partial charge < -0.3 is 15.2 Å². The molecule has 0 spiro atoms. The van der Waals surface area contributed by atoms with Gasteiger partial charge in [-0.3, -0.25) is 0 Å². The van der Waals surface area contributed by atoms with Gasteiger partial charge in [-0.05, 0) is 42.3 Å². The van der Waals surface area contributed by atoms with Crippen molar-refractivity contribution in [3.8, 4) is 17.4 Å². The molecule has 0 fully saturated rings. The van der Waals surface area contributed by atoms with Crippen molar-refractivity contribution in [1.82, 2.24) is 4.98 Å². The quantitative estimate of drug-likeness (QED) is 0.895. The Bertz CT molecular complexity index is 516. The molecule has 4 heteroatoms. The molecule has 100 valence electrons. The van der Waals surface area contributed by atoms with Crippen LogP contribution in [0.4, 0.5) is 0 Å². The number of nitrogens with zero attached hydrogens (tertiary/aromatic N) is 1. The monoisotopic (exact) mass is 258 g/mol. The summed E-state index contributed by atoms with van der Waals surface area (Å²) in [5.41, 5.74) is 7.68. The van der Waals surface area contributed by atoms with Crippen LogP contribution in [-0.4, -0.2) is 12.1 Å². The maximum Gasteiger partial charge on any atom is 0.219 e. The van der Waals surface area contributed by atoms with Gasteiger partial charge in [-0.25, -0.2) is 4.98 Å². The number of aromatic nitrogens is 1. The van der Waals surface area contributed by atoms with Gasteiger partial charge in [0.1, 0.15) is 11.5 Å². The summed E-state index contributed by atoms with van der Waals surface area (Å²) < 4.78 is 10.8. The summed E-state index contributed by atoms with van der Waals surface area (Å²) >= 11 is 0. The maximum atomic E-state index is 5.74. The van der Waals surface area contributed by atoms with Crippen molar-refractivity contribution in [1.29, 1.82) is 0 Å². The van der Waals surface area contributed by atoms with Crippen molar-refractivity contribution in [3.05, 3.63) is 47.7 Å². The van der Waals surface area contributed by atoms with Gasteiger partial charge in [0.15, 0.2) is 0 Å². The smallest absolute Gasteiger partial charge is 0.219 e. The lowest BCUT2D eigenvalue weighted by Crippen LogP contribution is -2.00. The molecule has 0 aliphatic carbocycles. The molecule has 2 aromatic rings. The highest BCUT2D eigenvalue weighted by atomic mass is 16.5. The number of aryl methyl sites for hydroxylation is 1. The summed E-state index contributed by atoms with van der Waals surface area (Å²) in [5.74, 6) is 2.10. The normalized spacial score (nSPS) is 10.3. The molecule has 1 aromatic carbocycles. The van der Waals surface area contributed by atoms with Crippen LogP contribution in [0.1, 0.15) is 18.2 Å². The Balaban J connectivity index is 2.21. The first kappa shape index (κ1) is 13.4. The van der Waals surface area contributed by atoms with Gasteiger partial charge in [-0.1, -0.05) is 6.92 Å². The fourth-order valence-corrected chi connectivity index (χ4v) is 1.74. The molecule has 0 aliphatic heterocycles. The van der Waals surface area contributed by atoms with Gasteiger partial charge in [0.25, 0.3) is 0 Å². The fraction of sp³-hybridized carbons (Fsp3) is 0.267. The molecule has 0 unspecified atom stereocenters. The van der Waals surface area contributed by atoms with Crippen molar-refractivity contribution in [3.63, 3.8) is 0 Å². The first-order valence-electron chi connectivity index (χ1n) is 6.27. The van der Waals surface area contributed by atoms with Crippen LogP contribution < -0.4 is 15.2 Å². The molecule has 0 saturated heterocycles. The van der Waals surface area contributed by atoms with E-state index in [1.807, 2.05) is 36.4 Å². The number of ether oxygens (including phenoxy) is 2. The summed E-state index contributed by atoms with van der Waals surface area (Å²) in [7, 11) is 1.63. The van der Waals surface area contributed by atoms with Gasteiger partial charge in [-0.2, -0.15) is 0 Å². The van der Waals surface area contributed by atoms with E-state index >= 15 is 0 Å². The molecule has 2 N–H and O–H groups in total. The predicted octanol–water partition coefficient (Wildman–Crippen LogP) is 2.90. The molecule has 0 bridgehead atoms. The molecule has 0 saturated carbocycles.